The Labute approximate surface area is 106 Å². The first-order valence-electron chi connectivity index (χ1n) is 4.80. The topological polar surface area (TPSA) is 54.9 Å². The number of halogens is 3. The molecule has 2 aromatic rings. The van der Waals surface area contributed by atoms with E-state index in [9.17, 15) is 13.6 Å². The molecular weight excluding hydrogens is 264 g/mol. The quantitative estimate of drug-likeness (QED) is 0.912. The Hall–Kier alpha value is -2.08. The monoisotopic (exact) mass is 269 g/mol. The fraction of sp³-hybridized carbons (Fsp3) is 0. The standard InChI is InChI=1S/C11H6ClF2N3O/c12-7-4-15-11(16-5-7)17-10(18)6-1-2-8(13)9(14)3-6/h1-5H,(H,15,16,17,18). The van der Waals surface area contributed by atoms with Crippen LogP contribution in [0.2, 0.25) is 5.02 Å². The lowest BCUT2D eigenvalue weighted by atomic mass is 10.2. The van der Waals surface area contributed by atoms with Gasteiger partial charge in [0.15, 0.2) is 11.6 Å². The predicted octanol–water partition coefficient (Wildman–Crippen LogP) is 2.66. The van der Waals surface area contributed by atoms with E-state index >= 15 is 0 Å². The van der Waals surface area contributed by atoms with Gasteiger partial charge in [-0.3, -0.25) is 10.1 Å². The Morgan fingerprint density at radius 1 is 1.17 bits per heavy atom. The van der Waals surface area contributed by atoms with Crippen LogP contribution in [0.15, 0.2) is 30.6 Å². The SMILES string of the molecule is O=C(Nc1ncc(Cl)cn1)c1ccc(F)c(F)c1. The Bertz CT molecular complexity index is 589. The zero-order valence-electron chi connectivity index (χ0n) is 8.82. The molecule has 18 heavy (non-hydrogen) atoms. The summed E-state index contributed by atoms with van der Waals surface area (Å²) in [5, 5.41) is 2.64. The van der Waals surface area contributed by atoms with Crippen molar-refractivity contribution < 1.29 is 13.6 Å². The maximum absolute atomic E-state index is 12.9. The van der Waals surface area contributed by atoms with E-state index in [1.165, 1.54) is 12.4 Å². The molecule has 0 aliphatic carbocycles. The normalized spacial score (nSPS) is 10.2. The molecule has 0 aliphatic heterocycles. The minimum absolute atomic E-state index is 0.0223. The van der Waals surface area contributed by atoms with Crippen LogP contribution in [-0.2, 0) is 0 Å². The lowest BCUT2D eigenvalue weighted by molar-refractivity contribution is 0.102. The molecule has 0 aliphatic rings. The summed E-state index contributed by atoms with van der Waals surface area (Å²) >= 11 is 5.57. The summed E-state index contributed by atoms with van der Waals surface area (Å²) in [4.78, 5) is 19.1. The summed E-state index contributed by atoms with van der Waals surface area (Å²) in [6.07, 6.45) is 2.60. The van der Waals surface area contributed by atoms with Crippen LogP contribution < -0.4 is 5.32 Å². The van der Waals surface area contributed by atoms with Crippen molar-refractivity contribution in [2.24, 2.45) is 0 Å². The summed E-state index contributed by atoms with van der Waals surface area (Å²) < 4.78 is 25.6. The highest BCUT2D eigenvalue weighted by Gasteiger charge is 2.10. The van der Waals surface area contributed by atoms with Gasteiger partial charge in [0.25, 0.3) is 5.91 Å². The van der Waals surface area contributed by atoms with Gasteiger partial charge in [-0.2, -0.15) is 0 Å². The van der Waals surface area contributed by atoms with Gasteiger partial charge in [-0.1, -0.05) is 11.6 Å². The molecule has 0 atom stereocenters. The van der Waals surface area contributed by atoms with E-state index in [0.29, 0.717) is 5.02 Å². The lowest BCUT2D eigenvalue weighted by Crippen LogP contribution is -2.14. The zero-order valence-corrected chi connectivity index (χ0v) is 9.58. The minimum Gasteiger partial charge on any atom is -0.290 e. The second-order valence-electron chi connectivity index (χ2n) is 3.31. The lowest BCUT2D eigenvalue weighted by Gasteiger charge is -2.03. The molecule has 2 rings (SSSR count). The first kappa shape index (κ1) is 12.4. The van der Waals surface area contributed by atoms with Crippen LogP contribution in [0.4, 0.5) is 14.7 Å². The van der Waals surface area contributed by atoms with Crippen molar-refractivity contribution in [3.05, 3.63) is 52.8 Å². The number of benzene rings is 1. The van der Waals surface area contributed by atoms with Crippen molar-refractivity contribution in [3.63, 3.8) is 0 Å². The van der Waals surface area contributed by atoms with Gasteiger partial charge in [-0.05, 0) is 18.2 Å². The number of nitrogens with zero attached hydrogens (tertiary/aromatic N) is 2. The van der Waals surface area contributed by atoms with Crippen molar-refractivity contribution in [1.29, 1.82) is 0 Å². The Morgan fingerprint density at radius 3 is 2.44 bits per heavy atom. The first-order chi connectivity index (χ1) is 8.56. The molecule has 0 fully saturated rings. The highest BCUT2D eigenvalue weighted by Crippen LogP contribution is 2.11. The summed E-state index contributed by atoms with van der Waals surface area (Å²) in [6, 6.07) is 2.82. The average molecular weight is 270 g/mol. The van der Waals surface area contributed by atoms with Gasteiger partial charge >= 0.3 is 0 Å². The molecule has 0 radical (unpaired) electrons. The molecule has 0 saturated carbocycles. The van der Waals surface area contributed by atoms with Crippen LogP contribution in [0.1, 0.15) is 10.4 Å². The van der Waals surface area contributed by atoms with Crippen LogP contribution in [-0.4, -0.2) is 15.9 Å². The number of hydrogen-bond donors (Lipinski definition) is 1. The third-order valence-corrected chi connectivity index (χ3v) is 2.22. The predicted molar refractivity (Wildman–Crippen MR) is 61.4 cm³/mol. The number of hydrogen-bond acceptors (Lipinski definition) is 3. The Balaban J connectivity index is 2.16. The van der Waals surface area contributed by atoms with Crippen molar-refractivity contribution in [2.45, 2.75) is 0 Å². The molecule has 4 nitrogen and oxygen atoms in total. The molecule has 1 N–H and O–H groups in total. The number of nitrogens with one attached hydrogen (secondary N) is 1. The van der Waals surface area contributed by atoms with Crippen LogP contribution in [0.3, 0.4) is 0 Å². The summed E-state index contributed by atoms with van der Waals surface area (Å²) in [7, 11) is 0. The number of amides is 1. The number of rotatable bonds is 2. The third-order valence-electron chi connectivity index (χ3n) is 2.03. The maximum atomic E-state index is 12.9. The van der Waals surface area contributed by atoms with Crippen molar-refractivity contribution in [2.75, 3.05) is 5.32 Å². The number of aromatic nitrogens is 2. The molecule has 0 bridgehead atoms. The van der Waals surface area contributed by atoms with Crippen molar-refractivity contribution >= 4 is 23.5 Å². The molecule has 0 spiro atoms. The van der Waals surface area contributed by atoms with Gasteiger partial charge in [-0.15, -0.1) is 0 Å². The van der Waals surface area contributed by atoms with E-state index in [1.54, 1.807) is 0 Å². The first-order valence-corrected chi connectivity index (χ1v) is 5.18. The second kappa shape index (κ2) is 5.05. The largest absolute Gasteiger partial charge is 0.290 e. The van der Waals surface area contributed by atoms with Crippen LogP contribution >= 0.6 is 11.6 Å². The van der Waals surface area contributed by atoms with Crippen LogP contribution in [0, 0.1) is 11.6 Å². The van der Waals surface area contributed by atoms with Crippen LogP contribution in [0.5, 0.6) is 0 Å². The summed E-state index contributed by atoms with van der Waals surface area (Å²) in [5.41, 5.74) is -0.0348. The molecule has 1 amide bonds. The van der Waals surface area contributed by atoms with Crippen LogP contribution in [0.25, 0.3) is 0 Å². The summed E-state index contributed by atoms with van der Waals surface area (Å²) in [5.74, 6) is -2.74. The second-order valence-corrected chi connectivity index (χ2v) is 3.74. The highest BCUT2D eigenvalue weighted by atomic mass is 35.5. The van der Waals surface area contributed by atoms with Gasteiger partial charge in [0.2, 0.25) is 5.95 Å². The molecule has 92 valence electrons. The third kappa shape index (κ3) is 2.78. The van der Waals surface area contributed by atoms with Crippen molar-refractivity contribution in [1.82, 2.24) is 9.97 Å². The van der Waals surface area contributed by atoms with E-state index in [4.69, 9.17) is 11.6 Å². The Morgan fingerprint density at radius 2 is 1.83 bits per heavy atom. The summed E-state index contributed by atoms with van der Waals surface area (Å²) in [6.45, 7) is 0. The van der Waals surface area contributed by atoms with Gasteiger partial charge < -0.3 is 0 Å². The molecule has 1 aromatic carbocycles. The molecule has 0 unspecified atom stereocenters. The zero-order chi connectivity index (χ0) is 13.1. The van der Waals surface area contributed by atoms with E-state index < -0.39 is 17.5 Å². The average Bonchev–Trinajstić information content (AvgIpc) is 2.35. The fourth-order valence-corrected chi connectivity index (χ4v) is 1.29. The van der Waals surface area contributed by atoms with Crippen molar-refractivity contribution in [3.8, 4) is 0 Å². The smallest absolute Gasteiger partial charge is 0.258 e. The molecule has 1 aromatic heterocycles. The van der Waals surface area contributed by atoms with Gasteiger partial charge in [0, 0.05) is 5.56 Å². The maximum Gasteiger partial charge on any atom is 0.258 e. The molecule has 0 saturated heterocycles. The number of carbonyl (C=O) groups excluding carboxylic acids is 1. The van der Waals surface area contributed by atoms with E-state index in [1.807, 2.05) is 0 Å². The molecule has 7 heteroatoms. The number of carbonyl (C=O) groups is 1. The van der Waals surface area contributed by atoms with E-state index in [2.05, 4.69) is 15.3 Å². The van der Waals surface area contributed by atoms with E-state index in [-0.39, 0.29) is 11.5 Å². The molecule has 1 heterocycles. The van der Waals surface area contributed by atoms with Gasteiger partial charge in [0.05, 0.1) is 17.4 Å². The Kier molecular flexibility index (Phi) is 3.47. The molecular formula is C11H6ClF2N3O. The minimum atomic E-state index is -1.10. The van der Waals surface area contributed by atoms with E-state index in [0.717, 1.165) is 18.2 Å². The number of anilines is 1. The van der Waals surface area contributed by atoms with Gasteiger partial charge in [0.1, 0.15) is 0 Å². The fourth-order valence-electron chi connectivity index (χ4n) is 1.19. The van der Waals surface area contributed by atoms with Gasteiger partial charge in [-0.25, -0.2) is 18.7 Å². The highest BCUT2D eigenvalue weighted by molar-refractivity contribution is 6.30.